The predicted octanol–water partition coefficient (Wildman–Crippen LogP) is 4.78. The van der Waals surface area contributed by atoms with E-state index in [9.17, 15) is 9.18 Å². The lowest BCUT2D eigenvalue weighted by Gasteiger charge is -2.38. The topological polar surface area (TPSA) is 35.5 Å². The molecule has 1 aromatic carbocycles. The Kier molecular flexibility index (Phi) is 6.51. The Hall–Kier alpha value is -1.20. The van der Waals surface area contributed by atoms with Gasteiger partial charge in [0.25, 0.3) is 0 Å². The first-order valence-corrected chi connectivity index (χ1v) is 10.4. The second-order valence-corrected chi connectivity index (χ2v) is 7.96. The van der Waals surface area contributed by atoms with Gasteiger partial charge in [0, 0.05) is 17.2 Å². The molecule has 26 heavy (non-hydrogen) atoms. The van der Waals surface area contributed by atoms with Crippen LogP contribution in [0.1, 0.15) is 37.7 Å². The number of hydrogen-bond donors (Lipinski definition) is 0. The zero-order valence-electron chi connectivity index (χ0n) is 15.1. The minimum Gasteiger partial charge on any atom is -0.469 e. The van der Waals surface area contributed by atoms with Crippen LogP contribution in [0.4, 0.5) is 4.39 Å². The van der Waals surface area contributed by atoms with Gasteiger partial charge in [-0.2, -0.15) is 0 Å². The van der Waals surface area contributed by atoms with E-state index < -0.39 is 0 Å². The lowest BCUT2D eigenvalue weighted by molar-refractivity contribution is -0.140. The molecule has 0 amide bonds. The van der Waals surface area contributed by atoms with Crippen LogP contribution in [0, 0.1) is 17.7 Å². The van der Waals surface area contributed by atoms with Crippen LogP contribution in [0.25, 0.3) is 0 Å². The van der Waals surface area contributed by atoms with E-state index in [1.165, 1.54) is 12.7 Å². The zero-order valence-corrected chi connectivity index (χ0v) is 16.7. The molecule has 2 bridgehead atoms. The van der Waals surface area contributed by atoms with E-state index in [-0.39, 0.29) is 23.3 Å². The van der Waals surface area contributed by atoms with E-state index in [0.717, 1.165) is 31.0 Å². The second-order valence-electron chi connectivity index (χ2n) is 7.32. The maximum absolute atomic E-state index is 13.4. The van der Waals surface area contributed by atoms with Crippen molar-refractivity contribution in [2.45, 2.75) is 43.6 Å². The largest absolute Gasteiger partial charge is 0.469 e. The molecule has 5 heteroatoms. The van der Waals surface area contributed by atoms with Crippen LogP contribution < -0.4 is 0 Å². The van der Waals surface area contributed by atoms with Crippen LogP contribution in [-0.2, 0) is 19.7 Å². The van der Waals surface area contributed by atoms with Crippen LogP contribution in [-0.4, -0.2) is 31.1 Å². The van der Waals surface area contributed by atoms with Crippen LogP contribution in [0.5, 0.6) is 0 Å². The first-order chi connectivity index (χ1) is 12.6. The summed E-state index contributed by atoms with van der Waals surface area (Å²) >= 11 is 3.67. The molecule has 0 aromatic heterocycles. The normalized spacial score (nSPS) is 30.2. The molecule has 1 aliphatic heterocycles. The standard InChI is InChI=1S/C21H26BrFO3/c1-25-20(24)7-5-3-2-4-6-18-17(13-22)19-12-21(18,14-26-19)15-8-10-16(23)11-9-15/h2,4,8-11,17-19H,3,5-7,12-14H2,1H3/b4-2-/t17-,18-,19-,21-/m1/s1. The molecule has 0 unspecified atom stereocenters. The summed E-state index contributed by atoms with van der Waals surface area (Å²) in [7, 11) is 1.42. The fraction of sp³-hybridized carbons (Fsp3) is 0.571. The average molecular weight is 425 g/mol. The lowest BCUT2D eigenvalue weighted by Crippen LogP contribution is -2.40. The minimum absolute atomic E-state index is 0.0207. The van der Waals surface area contributed by atoms with Crippen LogP contribution in [0.3, 0.4) is 0 Å². The second kappa shape index (κ2) is 8.66. The lowest BCUT2D eigenvalue weighted by atomic mass is 9.69. The fourth-order valence-corrected chi connectivity index (χ4v) is 5.43. The molecule has 0 spiro atoms. The van der Waals surface area contributed by atoms with Gasteiger partial charge in [0.1, 0.15) is 5.82 Å². The molecule has 1 saturated heterocycles. The number of methoxy groups -OCH3 is 1. The molecule has 3 nitrogen and oxygen atoms in total. The summed E-state index contributed by atoms with van der Waals surface area (Å²) in [6.45, 7) is 0.716. The Morgan fingerprint density at radius 1 is 1.38 bits per heavy atom. The molecule has 1 heterocycles. The van der Waals surface area contributed by atoms with E-state index in [2.05, 4.69) is 32.8 Å². The number of hydrogen-bond acceptors (Lipinski definition) is 3. The molecule has 3 rings (SSSR count). The SMILES string of the molecule is COC(=O)CCC/C=C\C[C@@H]1[C@@H](CBr)[C@H]2C[C@]1(c1ccc(F)cc1)CO2. The third kappa shape index (κ3) is 3.89. The summed E-state index contributed by atoms with van der Waals surface area (Å²) in [4.78, 5) is 11.2. The number of halogens is 2. The van der Waals surface area contributed by atoms with Crippen LogP contribution in [0.2, 0.25) is 0 Å². The van der Waals surface area contributed by atoms with Gasteiger partial charge in [-0.25, -0.2) is 4.39 Å². The number of ether oxygens (including phenoxy) is 2. The predicted molar refractivity (Wildman–Crippen MR) is 103 cm³/mol. The van der Waals surface area contributed by atoms with Crippen molar-refractivity contribution in [1.82, 2.24) is 0 Å². The number of rotatable bonds is 8. The van der Waals surface area contributed by atoms with Gasteiger partial charge < -0.3 is 9.47 Å². The fourth-order valence-electron chi connectivity index (χ4n) is 4.57. The smallest absolute Gasteiger partial charge is 0.305 e. The zero-order chi connectivity index (χ0) is 18.6. The van der Waals surface area contributed by atoms with Gasteiger partial charge >= 0.3 is 5.97 Å². The quantitative estimate of drug-likeness (QED) is 0.260. The van der Waals surface area contributed by atoms with Gasteiger partial charge in [0.05, 0.1) is 19.8 Å². The summed E-state index contributed by atoms with van der Waals surface area (Å²) in [6.07, 6.45) is 8.82. The molecular formula is C21H26BrFO3. The third-order valence-electron chi connectivity index (χ3n) is 5.96. The summed E-state index contributed by atoms with van der Waals surface area (Å²) in [5.41, 5.74) is 1.17. The summed E-state index contributed by atoms with van der Waals surface area (Å²) in [6, 6.07) is 6.95. The summed E-state index contributed by atoms with van der Waals surface area (Å²) in [5, 5.41) is 0.918. The molecule has 4 atom stereocenters. The molecule has 1 aromatic rings. The number of esters is 1. The van der Waals surface area contributed by atoms with Gasteiger partial charge in [-0.15, -0.1) is 0 Å². The third-order valence-corrected chi connectivity index (χ3v) is 6.71. The first kappa shape index (κ1) is 19.6. The van der Waals surface area contributed by atoms with Crippen molar-refractivity contribution in [3.63, 3.8) is 0 Å². The van der Waals surface area contributed by atoms with E-state index in [1.54, 1.807) is 12.1 Å². The van der Waals surface area contributed by atoms with Gasteiger partial charge in [0.2, 0.25) is 0 Å². The molecule has 142 valence electrons. The Bertz CT molecular complexity index is 645. The van der Waals surface area contributed by atoms with Gasteiger partial charge in [-0.3, -0.25) is 4.79 Å². The van der Waals surface area contributed by atoms with Gasteiger partial charge in [0.15, 0.2) is 0 Å². The molecule has 0 radical (unpaired) electrons. The highest BCUT2D eigenvalue weighted by Gasteiger charge is 2.58. The van der Waals surface area contributed by atoms with Crippen LogP contribution >= 0.6 is 15.9 Å². The number of alkyl halides is 1. The maximum atomic E-state index is 13.4. The molecule has 2 aliphatic rings. The van der Waals surface area contributed by atoms with Crippen molar-refractivity contribution in [2.75, 3.05) is 19.0 Å². The van der Waals surface area contributed by atoms with Crippen molar-refractivity contribution in [3.05, 3.63) is 47.8 Å². The van der Waals surface area contributed by atoms with Crippen LogP contribution in [0.15, 0.2) is 36.4 Å². The Balaban J connectivity index is 1.67. The van der Waals surface area contributed by atoms with E-state index in [1.807, 2.05) is 12.1 Å². The van der Waals surface area contributed by atoms with Crippen molar-refractivity contribution < 1.29 is 18.7 Å². The highest BCUT2D eigenvalue weighted by molar-refractivity contribution is 9.09. The molecule has 0 N–H and O–H groups in total. The van der Waals surface area contributed by atoms with E-state index in [4.69, 9.17) is 4.74 Å². The minimum atomic E-state index is -0.197. The average Bonchev–Trinajstić information content (AvgIpc) is 3.22. The van der Waals surface area contributed by atoms with Crippen molar-refractivity contribution in [1.29, 1.82) is 0 Å². The molecule has 2 fully saturated rings. The highest BCUT2D eigenvalue weighted by Crippen LogP contribution is 2.56. The van der Waals surface area contributed by atoms with E-state index >= 15 is 0 Å². The van der Waals surface area contributed by atoms with Crippen molar-refractivity contribution >= 4 is 21.9 Å². The first-order valence-electron chi connectivity index (χ1n) is 9.26. The number of benzene rings is 1. The maximum Gasteiger partial charge on any atom is 0.305 e. The summed E-state index contributed by atoms with van der Waals surface area (Å²) in [5.74, 6) is 0.590. The van der Waals surface area contributed by atoms with Gasteiger partial charge in [-0.1, -0.05) is 40.2 Å². The number of fused-ring (bicyclic) bond motifs is 2. The molecule has 1 aliphatic carbocycles. The Morgan fingerprint density at radius 2 is 2.15 bits per heavy atom. The monoisotopic (exact) mass is 424 g/mol. The van der Waals surface area contributed by atoms with E-state index in [0.29, 0.717) is 24.9 Å². The number of carbonyl (C=O) groups excluding carboxylic acids is 1. The molecule has 1 saturated carbocycles. The highest BCUT2D eigenvalue weighted by atomic mass is 79.9. The molecular weight excluding hydrogens is 399 g/mol. The number of unbranched alkanes of at least 4 members (excludes halogenated alkanes) is 1. The van der Waals surface area contributed by atoms with Gasteiger partial charge in [-0.05, 0) is 55.2 Å². The Labute approximate surface area is 163 Å². The Morgan fingerprint density at radius 3 is 2.85 bits per heavy atom. The van der Waals surface area contributed by atoms with Crippen molar-refractivity contribution in [3.8, 4) is 0 Å². The van der Waals surface area contributed by atoms with Crippen molar-refractivity contribution in [2.24, 2.45) is 11.8 Å². The number of carbonyl (C=O) groups is 1. The number of allylic oxidation sites excluding steroid dienone is 2. The summed E-state index contributed by atoms with van der Waals surface area (Å²) < 4.78 is 24.1.